The van der Waals surface area contributed by atoms with E-state index in [-0.39, 0.29) is 0 Å². The molecule has 0 saturated carbocycles. The fourth-order valence-corrected chi connectivity index (χ4v) is 2.16. The van der Waals surface area contributed by atoms with E-state index in [2.05, 4.69) is 12.2 Å². The van der Waals surface area contributed by atoms with Crippen LogP contribution in [0, 0.1) is 6.92 Å². The van der Waals surface area contributed by atoms with Crippen LogP contribution in [-0.4, -0.2) is 13.2 Å². The van der Waals surface area contributed by atoms with Crippen LogP contribution >= 0.6 is 11.6 Å². The molecular weight excluding hydrogens is 198 g/mol. The van der Waals surface area contributed by atoms with Gasteiger partial charge in [-0.05, 0) is 31.2 Å². The van der Waals surface area contributed by atoms with E-state index < -0.39 is 0 Å². The summed E-state index contributed by atoms with van der Waals surface area (Å²) in [5.74, 6) is 1.00. The summed E-state index contributed by atoms with van der Waals surface area (Å²) in [5, 5.41) is 4.16. The minimum absolute atomic E-state index is 0.299. The molecule has 0 aromatic heterocycles. The lowest BCUT2D eigenvalue weighted by molar-refractivity contribution is 0.312. The lowest BCUT2D eigenvalue weighted by Crippen LogP contribution is -2.21. The first-order chi connectivity index (χ1) is 6.72. The van der Waals surface area contributed by atoms with Crippen molar-refractivity contribution >= 4 is 11.6 Å². The second-order valence-electron chi connectivity index (χ2n) is 3.56. The largest absolute Gasteiger partial charge is 0.491 e. The molecule has 1 unspecified atom stereocenters. The lowest BCUT2D eigenvalue weighted by Gasteiger charge is -2.09. The number of hydrogen-bond donors (Lipinski definition) is 1. The Labute approximate surface area is 89.2 Å². The third kappa shape index (κ3) is 1.60. The molecule has 1 aromatic carbocycles. The van der Waals surface area contributed by atoms with Gasteiger partial charge in [-0.1, -0.05) is 18.5 Å². The van der Waals surface area contributed by atoms with E-state index in [1.54, 1.807) is 0 Å². The number of hydrogen-bond acceptors (Lipinski definition) is 2. The minimum Gasteiger partial charge on any atom is -0.491 e. The molecule has 0 aliphatic carbocycles. The monoisotopic (exact) mass is 211 g/mol. The van der Waals surface area contributed by atoms with Crippen molar-refractivity contribution in [2.24, 2.45) is 0 Å². The van der Waals surface area contributed by atoms with Crippen LogP contribution in [-0.2, 0) is 0 Å². The fraction of sp³-hybridized carbons (Fsp3) is 0.455. The van der Waals surface area contributed by atoms with Gasteiger partial charge in [0.15, 0.2) is 0 Å². The first kappa shape index (κ1) is 9.81. The molecule has 0 radical (unpaired) electrons. The maximum Gasteiger partial charge on any atom is 0.127 e. The van der Waals surface area contributed by atoms with Gasteiger partial charge in [-0.2, -0.15) is 0 Å². The maximum atomic E-state index is 6.01. The van der Waals surface area contributed by atoms with Gasteiger partial charge >= 0.3 is 0 Å². The van der Waals surface area contributed by atoms with E-state index in [4.69, 9.17) is 16.3 Å². The number of rotatable bonds is 2. The Morgan fingerprint density at radius 2 is 2.36 bits per heavy atom. The zero-order chi connectivity index (χ0) is 10.1. The highest BCUT2D eigenvalue weighted by atomic mass is 35.5. The molecule has 2 rings (SSSR count). The Morgan fingerprint density at radius 1 is 1.57 bits per heavy atom. The molecule has 3 heteroatoms. The maximum absolute atomic E-state index is 6.01. The molecule has 0 fully saturated rings. The molecule has 2 nitrogen and oxygen atoms in total. The highest BCUT2D eigenvalue weighted by Gasteiger charge is 2.25. The first-order valence-corrected chi connectivity index (χ1v) is 5.26. The van der Waals surface area contributed by atoms with Crippen LogP contribution in [0.2, 0.25) is 5.02 Å². The third-order valence-electron chi connectivity index (χ3n) is 2.49. The summed E-state index contributed by atoms with van der Waals surface area (Å²) < 4.78 is 5.63. The topological polar surface area (TPSA) is 21.3 Å². The molecule has 1 N–H and O–H groups in total. The normalized spacial score (nSPS) is 19.2. The highest BCUT2D eigenvalue weighted by molar-refractivity contribution is 6.30. The van der Waals surface area contributed by atoms with Crippen LogP contribution in [0.3, 0.4) is 0 Å². The van der Waals surface area contributed by atoms with Crippen molar-refractivity contribution in [1.29, 1.82) is 0 Å². The van der Waals surface area contributed by atoms with E-state index in [1.165, 1.54) is 5.56 Å². The van der Waals surface area contributed by atoms with Gasteiger partial charge in [0, 0.05) is 10.6 Å². The number of halogens is 1. The summed E-state index contributed by atoms with van der Waals surface area (Å²) in [7, 11) is 0. The van der Waals surface area contributed by atoms with Crippen LogP contribution in [0.5, 0.6) is 5.75 Å². The summed E-state index contributed by atoms with van der Waals surface area (Å²) in [6.07, 6.45) is 0. The predicted molar refractivity (Wildman–Crippen MR) is 58.1 cm³/mol. The predicted octanol–water partition coefficient (Wildman–Crippen LogP) is 2.69. The van der Waals surface area contributed by atoms with E-state index in [0.717, 1.165) is 22.9 Å². The molecule has 1 atom stereocenters. The summed E-state index contributed by atoms with van der Waals surface area (Å²) in [5.41, 5.74) is 2.31. The van der Waals surface area contributed by atoms with Crippen molar-refractivity contribution in [1.82, 2.24) is 5.32 Å². The average molecular weight is 212 g/mol. The molecule has 14 heavy (non-hydrogen) atoms. The second kappa shape index (κ2) is 3.79. The van der Waals surface area contributed by atoms with Gasteiger partial charge in [0.1, 0.15) is 12.4 Å². The summed E-state index contributed by atoms with van der Waals surface area (Å²) in [6, 6.07) is 4.23. The van der Waals surface area contributed by atoms with Crippen molar-refractivity contribution in [2.45, 2.75) is 19.9 Å². The average Bonchev–Trinajstić information content (AvgIpc) is 2.49. The molecule has 1 aromatic rings. The number of fused-ring (bicyclic) bond motifs is 1. The SMILES string of the molecule is CCNC1COc2c(C)cc(Cl)cc21. The van der Waals surface area contributed by atoms with Crippen LogP contribution in [0.1, 0.15) is 24.1 Å². The molecule has 1 aliphatic rings. The quantitative estimate of drug-likeness (QED) is 0.812. The number of aryl methyl sites for hydroxylation is 1. The van der Waals surface area contributed by atoms with Crippen molar-refractivity contribution in [2.75, 3.05) is 13.2 Å². The van der Waals surface area contributed by atoms with E-state index in [9.17, 15) is 0 Å². The molecule has 0 saturated heterocycles. The third-order valence-corrected chi connectivity index (χ3v) is 2.71. The Balaban J connectivity index is 2.38. The zero-order valence-corrected chi connectivity index (χ0v) is 9.19. The molecule has 0 amide bonds. The standard InChI is InChI=1S/C11H14ClNO/c1-3-13-10-6-14-11-7(2)4-8(12)5-9(10)11/h4-5,10,13H,3,6H2,1-2H3. The minimum atomic E-state index is 0.299. The van der Waals surface area contributed by atoms with Crippen LogP contribution < -0.4 is 10.1 Å². The molecule has 0 spiro atoms. The van der Waals surface area contributed by atoms with Crippen molar-refractivity contribution in [3.05, 3.63) is 28.3 Å². The van der Waals surface area contributed by atoms with Gasteiger partial charge in [-0.25, -0.2) is 0 Å². The first-order valence-electron chi connectivity index (χ1n) is 4.88. The van der Waals surface area contributed by atoms with Crippen molar-refractivity contribution in [3.63, 3.8) is 0 Å². The molecule has 1 aliphatic heterocycles. The van der Waals surface area contributed by atoms with Crippen LogP contribution in [0.4, 0.5) is 0 Å². The Bertz CT molecular complexity index is 351. The van der Waals surface area contributed by atoms with Gasteiger partial charge < -0.3 is 10.1 Å². The fourth-order valence-electron chi connectivity index (χ4n) is 1.88. The van der Waals surface area contributed by atoms with Gasteiger partial charge in [0.25, 0.3) is 0 Å². The summed E-state index contributed by atoms with van der Waals surface area (Å²) in [6.45, 7) is 5.78. The summed E-state index contributed by atoms with van der Waals surface area (Å²) in [4.78, 5) is 0. The molecule has 1 heterocycles. The lowest BCUT2D eigenvalue weighted by atomic mass is 10.1. The molecule has 0 bridgehead atoms. The van der Waals surface area contributed by atoms with Crippen molar-refractivity contribution in [3.8, 4) is 5.75 Å². The van der Waals surface area contributed by atoms with Gasteiger partial charge in [0.2, 0.25) is 0 Å². The van der Waals surface area contributed by atoms with E-state index >= 15 is 0 Å². The number of nitrogens with one attached hydrogen (secondary N) is 1. The summed E-state index contributed by atoms with van der Waals surface area (Å²) >= 11 is 6.01. The van der Waals surface area contributed by atoms with E-state index in [1.807, 2.05) is 19.1 Å². The van der Waals surface area contributed by atoms with Crippen LogP contribution in [0.25, 0.3) is 0 Å². The van der Waals surface area contributed by atoms with Crippen LogP contribution in [0.15, 0.2) is 12.1 Å². The smallest absolute Gasteiger partial charge is 0.127 e. The van der Waals surface area contributed by atoms with Gasteiger partial charge in [-0.15, -0.1) is 0 Å². The van der Waals surface area contributed by atoms with Crippen molar-refractivity contribution < 1.29 is 4.74 Å². The second-order valence-corrected chi connectivity index (χ2v) is 4.00. The highest BCUT2D eigenvalue weighted by Crippen LogP contribution is 2.37. The Kier molecular flexibility index (Phi) is 2.66. The Hall–Kier alpha value is -0.730. The van der Waals surface area contributed by atoms with Gasteiger partial charge in [-0.3, -0.25) is 0 Å². The molecular formula is C11H14ClNO. The Morgan fingerprint density at radius 3 is 3.07 bits per heavy atom. The number of benzene rings is 1. The molecule has 76 valence electrons. The number of likely N-dealkylation sites (N-methyl/N-ethyl adjacent to an activating group) is 1. The number of ether oxygens (including phenoxy) is 1. The van der Waals surface area contributed by atoms with Gasteiger partial charge in [0.05, 0.1) is 6.04 Å². The zero-order valence-electron chi connectivity index (χ0n) is 8.43. The van der Waals surface area contributed by atoms with E-state index in [0.29, 0.717) is 12.6 Å².